The van der Waals surface area contributed by atoms with Gasteiger partial charge >= 0.3 is 6.18 Å². The van der Waals surface area contributed by atoms with Gasteiger partial charge in [0.1, 0.15) is 0 Å². The van der Waals surface area contributed by atoms with Gasteiger partial charge < -0.3 is 10.2 Å². The maximum Gasteiger partial charge on any atom is 0.451 e. The van der Waals surface area contributed by atoms with Gasteiger partial charge in [-0.3, -0.25) is 4.79 Å². The fraction of sp³-hybridized carbons (Fsp3) is 0.421. The molecule has 1 saturated heterocycles. The van der Waals surface area contributed by atoms with Crippen molar-refractivity contribution in [2.24, 2.45) is 5.92 Å². The van der Waals surface area contributed by atoms with Gasteiger partial charge in [0.15, 0.2) is 0 Å². The standard InChI is InChI=1S/C19H21F3N4O/c20-19(21,22)18-24-11-16(12-25-18)17(27)23-10-15-7-9-26(13-15)8-6-14-4-2-1-3-5-14/h1-5,11-12,15H,6-10,13H2,(H,23,27). The van der Waals surface area contributed by atoms with Gasteiger partial charge in [-0.2, -0.15) is 13.2 Å². The van der Waals surface area contributed by atoms with E-state index in [1.165, 1.54) is 5.56 Å². The number of amides is 1. The largest absolute Gasteiger partial charge is 0.451 e. The van der Waals surface area contributed by atoms with Crippen LogP contribution >= 0.6 is 0 Å². The van der Waals surface area contributed by atoms with E-state index in [2.05, 4.69) is 32.3 Å². The lowest BCUT2D eigenvalue weighted by Gasteiger charge is -2.16. The molecule has 0 radical (unpaired) electrons. The third kappa shape index (κ3) is 5.50. The number of nitrogens with zero attached hydrogens (tertiary/aromatic N) is 3. The second kappa shape index (κ2) is 8.47. The fourth-order valence-corrected chi connectivity index (χ4v) is 3.15. The molecule has 8 heteroatoms. The minimum absolute atomic E-state index is 0.0296. The van der Waals surface area contributed by atoms with E-state index in [1.54, 1.807) is 0 Å². The number of hydrogen-bond donors (Lipinski definition) is 1. The summed E-state index contributed by atoms with van der Waals surface area (Å²) in [6, 6.07) is 10.3. The molecule has 5 nitrogen and oxygen atoms in total. The lowest BCUT2D eigenvalue weighted by Crippen LogP contribution is -2.31. The van der Waals surface area contributed by atoms with Gasteiger partial charge in [0.2, 0.25) is 5.82 Å². The third-order valence-corrected chi connectivity index (χ3v) is 4.65. The first kappa shape index (κ1) is 19.3. The monoisotopic (exact) mass is 378 g/mol. The molecular formula is C19H21F3N4O. The smallest absolute Gasteiger partial charge is 0.352 e. The summed E-state index contributed by atoms with van der Waals surface area (Å²) >= 11 is 0. The summed E-state index contributed by atoms with van der Waals surface area (Å²) in [4.78, 5) is 20.9. The van der Waals surface area contributed by atoms with Crippen LogP contribution in [0.1, 0.15) is 28.2 Å². The summed E-state index contributed by atoms with van der Waals surface area (Å²) in [5, 5.41) is 2.77. The van der Waals surface area contributed by atoms with E-state index in [-0.39, 0.29) is 5.56 Å². The highest BCUT2D eigenvalue weighted by Gasteiger charge is 2.34. The first-order chi connectivity index (χ1) is 12.9. The summed E-state index contributed by atoms with van der Waals surface area (Å²) in [7, 11) is 0. The summed E-state index contributed by atoms with van der Waals surface area (Å²) < 4.78 is 37.4. The molecule has 0 bridgehead atoms. The third-order valence-electron chi connectivity index (χ3n) is 4.65. The lowest BCUT2D eigenvalue weighted by molar-refractivity contribution is -0.145. The Balaban J connectivity index is 1.42. The number of rotatable bonds is 6. The molecule has 1 N–H and O–H groups in total. The van der Waals surface area contributed by atoms with E-state index in [1.807, 2.05) is 18.2 Å². The van der Waals surface area contributed by atoms with Crippen molar-refractivity contribution in [3.05, 3.63) is 59.7 Å². The number of alkyl halides is 3. The highest BCUT2D eigenvalue weighted by molar-refractivity contribution is 5.93. The first-order valence-electron chi connectivity index (χ1n) is 8.85. The van der Waals surface area contributed by atoms with Crippen LogP contribution < -0.4 is 5.32 Å². The molecule has 1 aromatic carbocycles. The summed E-state index contributed by atoms with van der Waals surface area (Å²) in [6.07, 6.45) is -0.818. The Labute approximate surface area is 155 Å². The molecule has 1 unspecified atom stereocenters. The van der Waals surface area contributed by atoms with Crippen LogP contribution in [0.2, 0.25) is 0 Å². The molecule has 0 saturated carbocycles. The zero-order chi connectivity index (χ0) is 19.3. The van der Waals surface area contributed by atoms with Crippen molar-refractivity contribution in [3.63, 3.8) is 0 Å². The van der Waals surface area contributed by atoms with Crippen molar-refractivity contribution in [1.82, 2.24) is 20.2 Å². The predicted molar refractivity (Wildman–Crippen MR) is 94.1 cm³/mol. The Morgan fingerprint density at radius 1 is 1.19 bits per heavy atom. The topological polar surface area (TPSA) is 58.1 Å². The number of hydrogen-bond acceptors (Lipinski definition) is 4. The van der Waals surface area contributed by atoms with Crippen molar-refractivity contribution in [1.29, 1.82) is 0 Å². The van der Waals surface area contributed by atoms with Gasteiger partial charge in [0, 0.05) is 32.0 Å². The van der Waals surface area contributed by atoms with Gasteiger partial charge in [-0.25, -0.2) is 9.97 Å². The highest BCUT2D eigenvalue weighted by atomic mass is 19.4. The number of likely N-dealkylation sites (tertiary alicyclic amines) is 1. The number of benzene rings is 1. The van der Waals surface area contributed by atoms with Gasteiger partial charge in [-0.05, 0) is 30.9 Å². The van der Waals surface area contributed by atoms with Gasteiger partial charge in [-0.1, -0.05) is 30.3 Å². The normalized spacial score (nSPS) is 17.8. The van der Waals surface area contributed by atoms with E-state index < -0.39 is 17.9 Å². The molecule has 1 aliphatic rings. The predicted octanol–water partition coefficient (Wildman–Crippen LogP) is 2.79. The summed E-state index contributed by atoms with van der Waals surface area (Å²) in [6.45, 7) is 3.34. The molecule has 0 aliphatic carbocycles. The lowest BCUT2D eigenvalue weighted by atomic mass is 10.1. The summed E-state index contributed by atoms with van der Waals surface area (Å²) in [5.74, 6) is -1.37. The van der Waals surface area contributed by atoms with Crippen molar-refractivity contribution in [2.45, 2.75) is 19.0 Å². The first-order valence-corrected chi connectivity index (χ1v) is 8.85. The fourth-order valence-electron chi connectivity index (χ4n) is 3.15. The molecule has 1 atom stereocenters. The van der Waals surface area contributed by atoms with Gasteiger partial charge in [0.25, 0.3) is 5.91 Å². The van der Waals surface area contributed by atoms with E-state index in [0.717, 1.165) is 44.9 Å². The Kier molecular flexibility index (Phi) is 6.05. The average molecular weight is 378 g/mol. The minimum Gasteiger partial charge on any atom is -0.352 e. The van der Waals surface area contributed by atoms with Gasteiger partial charge in [-0.15, -0.1) is 0 Å². The van der Waals surface area contributed by atoms with Crippen molar-refractivity contribution in [2.75, 3.05) is 26.2 Å². The number of carbonyl (C=O) groups excluding carboxylic acids is 1. The zero-order valence-corrected chi connectivity index (χ0v) is 14.7. The molecule has 1 aliphatic heterocycles. The average Bonchev–Trinajstić information content (AvgIpc) is 3.12. The molecule has 27 heavy (non-hydrogen) atoms. The van der Waals surface area contributed by atoms with Crippen LogP contribution in [-0.2, 0) is 12.6 Å². The molecule has 3 rings (SSSR count). The van der Waals surface area contributed by atoms with Crippen LogP contribution in [0.3, 0.4) is 0 Å². The van der Waals surface area contributed by atoms with E-state index in [9.17, 15) is 18.0 Å². The molecule has 1 amide bonds. The maximum absolute atomic E-state index is 12.5. The molecule has 144 valence electrons. The number of carbonyl (C=O) groups is 1. The second-order valence-electron chi connectivity index (χ2n) is 6.69. The van der Waals surface area contributed by atoms with Crippen LogP contribution in [0.15, 0.2) is 42.7 Å². The summed E-state index contributed by atoms with van der Waals surface area (Å²) in [5.41, 5.74) is 1.33. The molecule has 0 spiro atoms. The van der Waals surface area contributed by atoms with E-state index in [4.69, 9.17) is 0 Å². The molecule has 1 fully saturated rings. The van der Waals surface area contributed by atoms with Crippen LogP contribution in [-0.4, -0.2) is 47.0 Å². The number of halogens is 3. The van der Waals surface area contributed by atoms with E-state index >= 15 is 0 Å². The Morgan fingerprint density at radius 3 is 2.56 bits per heavy atom. The van der Waals surface area contributed by atoms with Crippen LogP contribution in [0, 0.1) is 5.92 Å². The molecular weight excluding hydrogens is 357 g/mol. The van der Waals surface area contributed by atoms with E-state index in [0.29, 0.717) is 12.5 Å². The van der Waals surface area contributed by atoms with Gasteiger partial charge in [0.05, 0.1) is 5.56 Å². The number of aromatic nitrogens is 2. The van der Waals surface area contributed by atoms with Crippen LogP contribution in [0.5, 0.6) is 0 Å². The Bertz CT molecular complexity index is 750. The second-order valence-corrected chi connectivity index (χ2v) is 6.69. The van der Waals surface area contributed by atoms with Crippen LogP contribution in [0.4, 0.5) is 13.2 Å². The van der Waals surface area contributed by atoms with Crippen LogP contribution in [0.25, 0.3) is 0 Å². The SMILES string of the molecule is O=C(NCC1CCN(CCc2ccccc2)C1)c1cnc(C(F)(F)F)nc1. The quantitative estimate of drug-likeness (QED) is 0.840. The zero-order valence-electron chi connectivity index (χ0n) is 14.7. The Morgan fingerprint density at radius 2 is 1.89 bits per heavy atom. The minimum atomic E-state index is -4.61. The highest BCUT2D eigenvalue weighted by Crippen LogP contribution is 2.25. The van der Waals surface area contributed by atoms with Crippen molar-refractivity contribution >= 4 is 5.91 Å². The van der Waals surface area contributed by atoms with Crippen molar-refractivity contribution in [3.8, 4) is 0 Å². The van der Waals surface area contributed by atoms with Crippen molar-refractivity contribution < 1.29 is 18.0 Å². The molecule has 2 aromatic rings. The molecule has 1 aromatic heterocycles. The molecule has 2 heterocycles. The number of nitrogens with one attached hydrogen (secondary N) is 1. The Hall–Kier alpha value is -2.48. The maximum atomic E-state index is 12.5.